The molecule has 10 nitrogen and oxygen atoms in total. The van der Waals surface area contributed by atoms with Gasteiger partial charge in [-0.05, 0) is 69.2 Å². The minimum absolute atomic E-state index is 0.0512. The lowest BCUT2D eigenvalue weighted by Crippen LogP contribution is -2.42. The van der Waals surface area contributed by atoms with Gasteiger partial charge in [0.1, 0.15) is 11.5 Å². The van der Waals surface area contributed by atoms with Gasteiger partial charge in [0.05, 0.1) is 47.8 Å². The molecule has 5 rings (SSSR count). The molecule has 3 heterocycles. The molecule has 2 aromatic carbocycles. The SMILES string of the molecule is CCOc1ccc([C@H]2C(C(=O)OC(C)C)=C(C)N=c3s/c(=C\c4ccc(OCC(=O)N5CCOCC5)cc4)c(=O)n32)cc1. The van der Waals surface area contributed by atoms with E-state index in [4.69, 9.17) is 18.9 Å². The van der Waals surface area contributed by atoms with Gasteiger partial charge >= 0.3 is 5.97 Å². The molecule has 0 N–H and O–H groups in total. The van der Waals surface area contributed by atoms with E-state index < -0.39 is 12.0 Å². The summed E-state index contributed by atoms with van der Waals surface area (Å²) in [5.41, 5.74) is 2.09. The second-order valence-corrected chi connectivity index (χ2v) is 11.4. The number of nitrogens with zero attached hydrogens (tertiary/aromatic N) is 3. The van der Waals surface area contributed by atoms with Gasteiger partial charge in [0.25, 0.3) is 11.5 Å². The highest BCUT2D eigenvalue weighted by atomic mass is 32.1. The summed E-state index contributed by atoms with van der Waals surface area (Å²) in [6, 6.07) is 13.8. The number of allylic oxidation sites excluding steroid dienone is 1. The van der Waals surface area contributed by atoms with Crippen LogP contribution in [0, 0.1) is 0 Å². The largest absolute Gasteiger partial charge is 0.494 e. The van der Waals surface area contributed by atoms with Gasteiger partial charge in [-0.25, -0.2) is 9.79 Å². The fourth-order valence-corrected chi connectivity index (χ4v) is 6.00. The number of ether oxygens (including phenoxy) is 4. The smallest absolute Gasteiger partial charge is 0.338 e. The molecule has 0 spiro atoms. The Hall–Kier alpha value is -4.22. The Labute approximate surface area is 253 Å². The zero-order valence-electron chi connectivity index (χ0n) is 24.7. The third-order valence-corrected chi connectivity index (χ3v) is 7.98. The number of carbonyl (C=O) groups excluding carboxylic acids is 2. The Morgan fingerprint density at radius 3 is 2.35 bits per heavy atom. The maximum absolute atomic E-state index is 13.9. The first kappa shape index (κ1) is 30.2. The van der Waals surface area contributed by atoms with Gasteiger partial charge in [-0.15, -0.1) is 0 Å². The molecule has 1 atom stereocenters. The molecule has 1 fully saturated rings. The maximum Gasteiger partial charge on any atom is 0.338 e. The van der Waals surface area contributed by atoms with E-state index in [0.29, 0.717) is 65.0 Å². The molecule has 43 heavy (non-hydrogen) atoms. The van der Waals surface area contributed by atoms with E-state index in [9.17, 15) is 14.4 Å². The lowest BCUT2D eigenvalue weighted by atomic mass is 9.96. The fraction of sp³-hybridized carbons (Fsp3) is 0.375. The molecule has 1 saturated heterocycles. The van der Waals surface area contributed by atoms with Crippen LogP contribution < -0.4 is 24.4 Å². The normalized spacial score (nSPS) is 17.0. The van der Waals surface area contributed by atoms with Gasteiger partial charge in [-0.1, -0.05) is 35.6 Å². The van der Waals surface area contributed by atoms with E-state index in [0.717, 1.165) is 11.1 Å². The number of amides is 1. The molecule has 0 saturated carbocycles. The van der Waals surface area contributed by atoms with E-state index in [1.165, 1.54) is 11.3 Å². The summed E-state index contributed by atoms with van der Waals surface area (Å²) in [5, 5.41) is 0. The molecule has 2 aliphatic heterocycles. The van der Waals surface area contributed by atoms with Crippen LogP contribution in [0.1, 0.15) is 44.9 Å². The molecule has 0 unspecified atom stereocenters. The molecular formula is C32H35N3O7S. The Kier molecular flexibility index (Phi) is 9.42. The second kappa shape index (κ2) is 13.4. The minimum Gasteiger partial charge on any atom is -0.494 e. The number of aromatic nitrogens is 1. The van der Waals surface area contributed by atoms with E-state index in [1.807, 2.05) is 43.3 Å². The van der Waals surface area contributed by atoms with Crippen molar-refractivity contribution in [3.63, 3.8) is 0 Å². The molecular weight excluding hydrogens is 570 g/mol. The quantitative estimate of drug-likeness (QED) is 0.345. The Bertz CT molecular complexity index is 1680. The van der Waals surface area contributed by atoms with Crippen LogP contribution in [0.5, 0.6) is 11.5 Å². The third-order valence-electron chi connectivity index (χ3n) is 7.00. The first-order valence-electron chi connectivity index (χ1n) is 14.3. The first-order chi connectivity index (χ1) is 20.7. The Morgan fingerprint density at radius 2 is 1.70 bits per heavy atom. The first-order valence-corrected chi connectivity index (χ1v) is 15.1. The monoisotopic (exact) mass is 605 g/mol. The van der Waals surface area contributed by atoms with Crippen molar-refractivity contribution in [2.24, 2.45) is 4.99 Å². The standard InChI is InChI=1S/C32H35N3O7S/c1-5-40-24-12-8-23(9-13-24)29-28(31(38)42-20(2)3)21(4)33-32-35(29)30(37)26(43-32)18-22-6-10-25(11-7-22)41-19-27(36)34-14-16-39-17-15-34/h6-13,18,20,29H,5,14-17,19H2,1-4H3/b26-18-/t29-/m0/s1. The van der Waals surface area contributed by atoms with Crippen molar-refractivity contribution in [2.75, 3.05) is 39.5 Å². The van der Waals surface area contributed by atoms with Crippen LogP contribution in [0.15, 0.2) is 69.6 Å². The minimum atomic E-state index is -0.708. The van der Waals surface area contributed by atoms with Gasteiger partial charge in [0.15, 0.2) is 11.4 Å². The summed E-state index contributed by atoms with van der Waals surface area (Å²) in [6.45, 7) is 9.93. The summed E-state index contributed by atoms with van der Waals surface area (Å²) in [4.78, 5) is 46.4. The van der Waals surface area contributed by atoms with Crippen LogP contribution in [0.25, 0.3) is 6.08 Å². The summed E-state index contributed by atoms with van der Waals surface area (Å²) >= 11 is 1.26. The Balaban J connectivity index is 1.44. The van der Waals surface area contributed by atoms with Gasteiger partial charge < -0.3 is 23.8 Å². The molecule has 0 radical (unpaired) electrons. The van der Waals surface area contributed by atoms with Gasteiger partial charge in [0.2, 0.25) is 0 Å². The highest BCUT2D eigenvalue weighted by molar-refractivity contribution is 7.07. The summed E-state index contributed by atoms with van der Waals surface area (Å²) < 4.78 is 24.2. The number of morpholine rings is 1. The zero-order valence-corrected chi connectivity index (χ0v) is 25.5. The van der Waals surface area contributed by atoms with Crippen molar-refractivity contribution >= 4 is 29.3 Å². The number of rotatable bonds is 9. The highest BCUT2D eigenvalue weighted by Gasteiger charge is 2.33. The highest BCUT2D eigenvalue weighted by Crippen LogP contribution is 2.32. The summed E-state index contributed by atoms with van der Waals surface area (Å²) in [7, 11) is 0. The average Bonchev–Trinajstić information content (AvgIpc) is 3.30. The molecule has 11 heteroatoms. The van der Waals surface area contributed by atoms with Crippen molar-refractivity contribution in [1.29, 1.82) is 0 Å². The van der Waals surface area contributed by atoms with Crippen molar-refractivity contribution in [3.8, 4) is 11.5 Å². The molecule has 226 valence electrons. The fourth-order valence-electron chi connectivity index (χ4n) is 4.95. The van der Waals surface area contributed by atoms with Crippen LogP contribution in [0.2, 0.25) is 0 Å². The number of benzene rings is 2. The van der Waals surface area contributed by atoms with E-state index in [1.54, 1.807) is 48.4 Å². The molecule has 0 aliphatic carbocycles. The molecule has 1 aromatic heterocycles. The number of fused-ring (bicyclic) bond motifs is 1. The third kappa shape index (κ3) is 6.89. The predicted octanol–water partition coefficient (Wildman–Crippen LogP) is 2.82. The molecule has 3 aromatic rings. The predicted molar refractivity (Wildman–Crippen MR) is 162 cm³/mol. The molecule has 1 amide bonds. The van der Waals surface area contributed by atoms with Gasteiger partial charge in [0, 0.05) is 13.1 Å². The van der Waals surface area contributed by atoms with E-state index in [-0.39, 0.29) is 24.2 Å². The number of hydrogen-bond donors (Lipinski definition) is 0. The van der Waals surface area contributed by atoms with Crippen LogP contribution >= 0.6 is 11.3 Å². The average molecular weight is 606 g/mol. The lowest BCUT2D eigenvalue weighted by molar-refractivity contribution is -0.143. The molecule has 0 bridgehead atoms. The van der Waals surface area contributed by atoms with Crippen molar-refractivity contribution in [3.05, 3.63) is 90.6 Å². The van der Waals surface area contributed by atoms with Crippen molar-refractivity contribution in [2.45, 2.75) is 39.8 Å². The summed E-state index contributed by atoms with van der Waals surface area (Å²) in [6.07, 6.45) is 1.45. The zero-order chi connectivity index (χ0) is 30.5. The maximum atomic E-state index is 13.9. The van der Waals surface area contributed by atoms with E-state index in [2.05, 4.69) is 4.99 Å². The van der Waals surface area contributed by atoms with Crippen molar-refractivity contribution in [1.82, 2.24) is 9.47 Å². The molecule has 2 aliphatic rings. The Morgan fingerprint density at radius 1 is 1.05 bits per heavy atom. The number of hydrogen-bond acceptors (Lipinski definition) is 9. The van der Waals surface area contributed by atoms with Gasteiger partial charge in [-0.2, -0.15) is 0 Å². The number of esters is 1. The van der Waals surface area contributed by atoms with Crippen LogP contribution in [0.4, 0.5) is 0 Å². The van der Waals surface area contributed by atoms with Gasteiger partial charge in [-0.3, -0.25) is 14.2 Å². The number of thiazole rings is 1. The number of carbonyl (C=O) groups is 2. The lowest BCUT2D eigenvalue weighted by Gasteiger charge is -2.26. The van der Waals surface area contributed by atoms with Crippen LogP contribution in [0.3, 0.4) is 0 Å². The van der Waals surface area contributed by atoms with Crippen LogP contribution in [-0.2, 0) is 19.1 Å². The van der Waals surface area contributed by atoms with Crippen molar-refractivity contribution < 1.29 is 28.5 Å². The van der Waals surface area contributed by atoms with E-state index >= 15 is 0 Å². The summed E-state index contributed by atoms with van der Waals surface area (Å²) in [5.74, 6) is 0.665. The topological polar surface area (TPSA) is 109 Å². The second-order valence-electron chi connectivity index (χ2n) is 10.4. The van der Waals surface area contributed by atoms with Crippen LogP contribution in [-0.4, -0.2) is 67.0 Å².